The van der Waals surface area contributed by atoms with Crippen molar-refractivity contribution in [2.24, 2.45) is 5.90 Å². The van der Waals surface area contributed by atoms with Gasteiger partial charge in [-0.05, 0) is 24.3 Å². The molecule has 0 spiro atoms. The van der Waals surface area contributed by atoms with E-state index >= 15 is 0 Å². The first kappa shape index (κ1) is 8.58. The number of nitrogens with zero attached hydrogens (tertiary/aromatic N) is 2. The van der Waals surface area contributed by atoms with Crippen LogP contribution in [0.2, 0.25) is 0 Å². The lowest BCUT2D eigenvalue weighted by atomic mass is 10.3. The molecule has 0 fully saturated rings. The van der Waals surface area contributed by atoms with Crippen LogP contribution in [0, 0.1) is 0 Å². The van der Waals surface area contributed by atoms with Gasteiger partial charge in [0, 0.05) is 17.8 Å². The topological polar surface area (TPSA) is 72.0 Å². The SMILES string of the molecule is NO.c1cnc2ncccc2c1. The summed E-state index contributed by atoms with van der Waals surface area (Å²) in [6.07, 6.45) is 3.49. The van der Waals surface area contributed by atoms with Gasteiger partial charge in [-0.3, -0.25) is 0 Å². The molecule has 2 aromatic rings. The fourth-order valence-corrected chi connectivity index (χ4v) is 0.908. The number of aromatic nitrogens is 2. The zero-order valence-electron chi connectivity index (χ0n) is 6.38. The van der Waals surface area contributed by atoms with Gasteiger partial charge in [0.2, 0.25) is 0 Å². The van der Waals surface area contributed by atoms with E-state index in [0.717, 1.165) is 11.0 Å². The molecule has 2 aromatic heterocycles. The van der Waals surface area contributed by atoms with Gasteiger partial charge in [-0.1, -0.05) is 0 Å². The molecule has 0 atom stereocenters. The molecule has 0 bridgehead atoms. The lowest BCUT2D eigenvalue weighted by Crippen LogP contribution is -1.78. The monoisotopic (exact) mass is 163 g/mol. The Morgan fingerprint density at radius 3 is 1.92 bits per heavy atom. The Labute approximate surface area is 69.6 Å². The van der Waals surface area contributed by atoms with Crippen molar-refractivity contribution in [3.8, 4) is 0 Å². The Kier molecular flexibility index (Phi) is 3.13. The summed E-state index contributed by atoms with van der Waals surface area (Å²) in [5, 5.41) is 7.59. The second kappa shape index (κ2) is 4.38. The summed E-state index contributed by atoms with van der Waals surface area (Å²) in [5.41, 5.74) is 0.810. The minimum absolute atomic E-state index is 0.810. The Balaban J connectivity index is 0.000000336. The molecule has 62 valence electrons. The number of hydrogen-bond donors (Lipinski definition) is 2. The van der Waals surface area contributed by atoms with Crippen LogP contribution >= 0.6 is 0 Å². The van der Waals surface area contributed by atoms with Crippen LogP contribution in [0.15, 0.2) is 36.7 Å². The first-order chi connectivity index (χ1) is 5.97. The minimum Gasteiger partial charge on any atom is -0.320 e. The van der Waals surface area contributed by atoms with E-state index in [2.05, 4.69) is 15.9 Å². The first-order valence-electron chi connectivity index (χ1n) is 3.38. The van der Waals surface area contributed by atoms with Gasteiger partial charge in [-0.2, -0.15) is 0 Å². The summed E-state index contributed by atoms with van der Waals surface area (Å²) >= 11 is 0. The smallest absolute Gasteiger partial charge is 0.159 e. The molecule has 12 heavy (non-hydrogen) atoms. The summed E-state index contributed by atoms with van der Waals surface area (Å²) in [5.74, 6) is 3.50. The van der Waals surface area contributed by atoms with Crippen LogP contribution in [0.4, 0.5) is 0 Å². The highest BCUT2D eigenvalue weighted by atomic mass is 16.4. The molecule has 4 heteroatoms. The van der Waals surface area contributed by atoms with Crippen LogP contribution in [0.5, 0.6) is 0 Å². The van der Waals surface area contributed by atoms with Gasteiger partial charge in [0.25, 0.3) is 0 Å². The van der Waals surface area contributed by atoms with Crippen LogP contribution in [-0.2, 0) is 0 Å². The second-order valence-electron chi connectivity index (χ2n) is 2.05. The van der Waals surface area contributed by atoms with Crippen LogP contribution in [0.3, 0.4) is 0 Å². The molecule has 4 nitrogen and oxygen atoms in total. The largest absolute Gasteiger partial charge is 0.320 e. The van der Waals surface area contributed by atoms with Crippen LogP contribution in [0.25, 0.3) is 11.0 Å². The summed E-state index contributed by atoms with van der Waals surface area (Å²) in [7, 11) is 0. The maximum absolute atomic E-state index is 6.50. The zero-order valence-corrected chi connectivity index (χ0v) is 6.38. The van der Waals surface area contributed by atoms with Crippen molar-refractivity contribution >= 4 is 11.0 Å². The summed E-state index contributed by atoms with van der Waals surface area (Å²) in [6.45, 7) is 0. The minimum atomic E-state index is 0.810. The Hall–Kier alpha value is -1.52. The van der Waals surface area contributed by atoms with E-state index in [-0.39, 0.29) is 0 Å². The third kappa shape index (κ3) is 1.75. The van der Waals surface area contributed by atoms with Gasteiger partial charge in [0.05, 0.1) is 0 Å². The van der Waals surface area contributed by atoms with Gasteiger partial charge in [0.15, 0.2) is 5.65 Å². The van der Waals surface area contributed by atoms with Crippen molar-refractivity contribution in [3.63, 3.8) is 0 Å². The van der Waals surface area contributed by atoms with Gasteiger partial charge in [0.1, 0.15) is 0 Å². The molecule has 0 amide bonds. The van der Waals surface area contributed by atoms with E-state index in [1.807, 2.05) is 24.3 Å². The van der Waals surface area contributed by atoms with E-state index in [1.165, 1.54) is 0 Å². The summed E-state index contributed by atoms with van der Waals surface area (Å²) in [4.78, 5) is 8.14. The third-order valence-electron chi connectivity index (χ3n) is 1.38. The van der Waals surface area contributed by atoms with Crippen molar-refractivity contribution in [1.29, 1.82) is 0 Å². The standard InChI is InChI=1S/C8H6N2.H3NO/c1-3-7-4-2-6-10-8(7)9-5-1;1-2/h1-6H;2H,1H2. The highest BCUT2D eigenvalue weighted by Gasteiger charge is 1.88. The number of nitrogens with two attached hydrogens (primary N) is 1. The van der Waals surface area contributed by atoms with Gasteiger partial charge in [-0.15, -0.1) is 0 Å². The highest BCUT2D eigenvalue weighted by Crippen LogP contribution is 2.04. The number of rotatable bonds is 0. The number of fused-ring (bicyclic) bond motifs is 1. The Morgan fingerprint density at radius 2 is 1.50 bits per heavy atom. The van der Waals surface area contributed by atoms with Crippen LogP contribution in [-0.4, -0.2) is 15.2 Å². The Morgan fingerprint density at radius 1 is 1.00 bits per heavy atom. The lowest BCUT2D eigenvalue weighted by Gasteiger charge is -1.90. The van der Waals surface area contributed by atoms with Crippen molar-refractivity contribution in [1.82, 2.24) is 9.97 Å². The maximum Gasteiger partial charge on any atom is 0.159 e. The molecule has 0 aliphatic heterocycles. The predicted octanol–water partition coefficient (Wildman–Crippen LogP) is 0.964. The maximum atomic E-state index is 6.50. The normalized spacial score (nSPS) is 8.83. The van der Waals surface area contributed by atoms with E-state index < -0.39 is 0 Å². The first-order valence-corrected chi connectivity index (χ1v) is 3.38. The molecule has 0 saturated carbocycles. The van der Waals surface area contributed by atoms with Gasteiger partial charge < -0.3 is 5.21 Å². The molecule has 0 aliphatic carbocycles. The molecule has 0 saturated heterocycles. The predicted molar refractivity (Wildman–Crippen MR) is 45.5 cm³/mol. The Bertz CT molecular complexity index is 285. The van der Waals surface area contributed by atoms with Crippen molar-refractivity contribution < 1.29 is 5.21 Å². The molecule has 0 radical (unpaired) electrons. The fourth-order valence-electron chi connectivity index (χ4n) is 0.908. The molecule has 0 aromatic carbocycles. The van der Waals surface area contributed by atoms with Gasteiger partial charge >= 0.3 is 0 Å². The molecule has 0 unspecified atom stereocenters. The zero-order chi connectivity index (χ0) is 8.81. The summed E-state index contributed by atoms with van der Waals surface area (Å²) in [6, 6.07) is 7.80. The van der Waals surface area contributed by atoms with Crippen molar-refractivity contribution in [2.75, 3.05) is 0 Å². The van der Waals surface area contributed by atoms with E-state index in [1.54, 1.807) is 12.4 Å². The van der Waals surface area contributed by atoms with Crippen molar-refractivity contribution in [2.45, 2.75) is 0 Å². The number of hydrogen-bond acceptors (Lipinski definition) is 4. The lowest BCUT2D eigenvalue weighted by molar-refractivity contribution is 0.311. The molecular formula is C8H9N3O. The molecular weight excluding hydrogens is 154 g/mol. The third-order valence-corrected chi connectivity index (χ3v) is 1.38. The molecule has 2 heterocycles. The molecule has 2 rings (SSSR count). The number of pyridine rings is 2. The average Bonchev–Trinajstić information content (AvgIpc) is 2.21. The van der Waals surface area contributed by atoms with Crippen LogP contribution < -0.4 is 5.90 Å². The van der Waals surface area contributed by atoms with E-state index in [0.29, 0.717) is 0 Å². The molecule has 0 aliphatic rings. The average molecular weight is 163 g/mol. The van der Waals surface area contributed by atoms with Crippen LogP contribution in [0.1, 0.15) is 0 Å². The molecule has 3 N–H and O–H groups in total. The summed E-state index contributed by atoms with van der Waals surface area (Å²) < 4.78 is 0. The highest BCUT2D eigenvalue weighted by molar-refractivity contribution is 5.73. The second-order valence-corrected chi connectivity index (χ2v) is 2.05. The fraction of sp³-hybridized carbons (Fsp3) is 0. The quantitative estimate of drug-likeness (QED) is 0.567. The van der Waals surface area contributed by atoms with Gasteiger partial charge in [-0.25, -0.2) is 15.9 Å². The van der Waals surface area contributed by atoms with E-state index in [4.69, 9.17) is 5.21 Å². The van der Waals surface area contributed by atoms with Crippen molar-refractivity contribution in [3.05, 3.63) is 36.7 Å². The van der Waals surface area contributed by atoms with E-state index in [9.17, 15) is 0 Å².